The Hall–Kier alpha value is -2.56. The van der Waals surface area contributed by atoms with Gasteiger partial charge in [-0.15, -0.1) is 0 Å². The summed E-state index contributed by atoms with van der Waals surface area (Å²) in [6, 6.07) is -4.85. The molecule has 0 aliphatic heterocycles. The lowest BCUT2D eigenvalue weighted by Crippen LogP contribution is -2.44. The van der Waals surface area contributed by atoms with Gasteiger partial charge in [-0.25, -0.2) is 9.59 Å². The second-order valence-electron chi connectivity index (χ2n) is 7.56. The van der Waals surface area contributed by atoms with Crippen molar-refractivity contribution in [2.75, 3.05) is 17.3 Å². The molecular weight excluding hydrogens is 508 g/mol. The van der Waals surface area contributed by atoms with E-state index >= 15 is 0 Å². The molecule has 0 radical (unpaired) electrons. The third kappa shape index (κ3) is 15.1. The number of hydrogen-bond acceptors (Lipinski definition) is 10. The fourth-order valence-electron chi connectivity index (χ4n) is 2.36. The standard InChI is InChI=1S/C19H32N4O10S2/c1-9(35-8-13(19(32)33)23-15(25)5-3-11(21)17(28)29)6-34-7-12(18(30)31)22-14(24)4-2-10(20)16(26)27/h9-13H,2-8,20-21H2,1H3,(H,22,24)(H,23,25)(H,26,27)(H,28,29)(H,30,31)(H,32,33). The summed E-state index contributed by atoms with van der Waals surface area (Å²) in [5.41, 5.74) is 10.6. The molecule has 10 N–H and O–H groups in total. The summed E-state index contributed by atoms with van der Waals surface area (Å²) < 4.78 is 0. The molecule has 35 heavy (non-hydrogen) atoms. The van der Waals surface area contributed by atoms with Crippen LogP contribution >= 0.6 is 23.5 Å². The van der Waals surface area contributed by atoms with Crippen LogP contribution < -0.4 is 22.1 Å². The second-order valence-corrected chi connectivity index (χ2v) is 10.1. The summed E-state index contributed by atoms with van der Waals surface area (Å²) in [7, 11) is 0. The highest BCUT2D eigenvalue weighted by molar-refractivity contribution is 8.03. The van der Waals surface area contributed by atoms with Crippen molar-refractivity contribution in [3.8, 4) is 0 Å². The Bertz CT molecular complexity index is 770. The first-order chi connectivity index (χ1) is 16.2. The molecule has 0 rings (SSSR count). The zero-order valence-corrected chi connectivity index (χ0v) is 20.7. The Morgan fingerprint density at radius 2 is 1.09 bits per heavy atom. The Labute approximate surface area is 209 Å². The predicted octanol–water partition coefficient (Wildman–Crippen LogP) is -1.64. The third-order valence-corrected chi connectivity index (χ3v) is 7.23. The van der Waals surface area contributed by atoms with Gasteiger partial charge in [0.2, 0.25) is 11.8 Å². The van der Waals surface area contributed by atoms with Crippen molar-refractivity contribution >= 4 is 59.2 Å². The molecule has 5 unspecified atom stereocenters. The molecule has 0 heterocycles. The summed E-state index contributed by atoms with van der Waals surface area (Å²) in [6.07, 6.45) is -0.750. The Balaban J connectivity index is 4.46. The van der Waals surface area contributed by atoms with Crippen LogP contribution in [-0.4, -0.2) is 103 Å². The van der Waals surface area contributed by atoms with Crippen LogP contribution in [0.25, 0.3) is 0 Å². The molecule has 0 aromatic carbocycles. The van der Waals surface area contributed by atoms with Crippen LogP contribution in [0.1, 0.15) is 32.6 Å². The van der Waals surface area contributed by atoms with E-state index in [2.05, 4.69) is 10.6 Å². The minimum atomic E-state index is -1.26. The number of thioether (sulfide) groups is 2. The van der Waals surface area contributed by atoms with E-state index in [1.807, 2.05) is 0 Å². The maximum absolute atomic E-state index is 11.9. The molecule has 200 valence electrons. The highest BCUT2D eigenvalue weighted by atomic mass is 32.2. The summed E-state index contributed by atoms with van der Waals surface area (Å²) in [5, 5.41) is 40.5. The highest BCUT2D eigenvalue weighted by Crippen LogP contribution is 2.18. The average Bonchev–Trinajstić information content (AvgIpc) is 2.77. The highest BCUT2D eigenvalue weighted by Gasteiger charge is 2.24. The Morgan fingerprint density at radius 1 is 0.686 bits per heavy atom. The molecule has 5 atom stereocenters. The number of carbonyl (C=O) groups excluding carboxylic acids is 2. The summed E-state index contributed by atoms with van der Waals surface area (Å²) in [4.78, 5) is 67.9. The van der Waals surface area contributed by atoms with Gasteiger partial charge in [0.1, 0.15) is 24.2 Å². The van der Waals surface area contributed by atoms with E-state index in [1.54, 1.807) is 6.92 Å². The average molecular weight is 541 g/mol. The van der Waals surface area contributed by atoms with Crippen LogP contribution in [0, 0.1) is 0 Å². The van der Waals surface area contributed by atoms with Gasteiger partial charge >= 0.3 is 23.9 Å². The van der Waals surface area contributed by atoms with Gasteiger partial charge in [-0.3, -0.25) is 19.2 Å². The number of nitrogens with one attached hydrogen (secondary N) is 2. The molecule has 2 amide bonds. The van der Waals surface area contributed by atoms with Crippen molar-refractivity contribution < 1.29 is 49.2 Å². The fourth-order valence-corrected chi connectivity index (χ4v) is 4.71. The number of amides is 2. The molecule has 0 bridgehead atoms. The van der Waals surface area contributed by atoms with Gasteiger partial charge in [0.05, 0.1) is 0 Å². The number of aliphatic carboxylic acids is 4. The van der Waals surface area contributed by atoms with Crippen molar-refractivity contribution in [2.45, 2.75) is 62.0 Å². The molecule has 0 aromatic rings. The number of hydrogen-bond donors (Lipinski definition) is 8. The first-order valence-electron chi connectivity index (χ1n) is 10.4. The first kappa shape index (κ1) is 32.4. The number of carboxylic acid groups (broad SMARTS) is 4. The monoisotopic (exact) mass is 540 g/mol. The van der Waals surface area contributed by atoms with Gasteiger partial charge in [-0.2, -0.15) is 23.5 Å². The number of rotatable bonds is 19. The van der Waals surface area contributed by atoms with E-state index in [9.17, 15) is 39.0 Å². The normalized spacial score (nSPS) is 15.2. The second kappa shape index (κ2) is 17.0. The lowest BCUT2D eigenvalue weighted by molar-refractivity contribution is -0.141. The van der Waals surface area contributed by atoms with Gasteiger partial charge in [0.25, 0.3) is 0 Å². The van der Waals surface area contributed by atoms with Crippen molar-refractivity contribution in [1.29, 1.82) is 0 Å². The maximum atomic E-state index is 11.9. The van der Waals surface area contributed by atoms with Crippen LogP contribution in [0.2, 0.25) is 0 Å². The molecule has 0 saturated carbocycles. The minimum Gasteiger partial charge on any atom is -0.480 e. The molecule has 14 nitrogen and oxygen atoms in total. The van der Waals surface area contributed by atoms with Gasteiger partial charge < -0.3 is 42.5 Å². The Morgan fingerprint density at radius 3 is 1.46 bits per heavy atom. The minimum absolute atomic E-state index is 0.0245. The lowest BCUT2D eigenvalue weighted by atomic mass is 10.1. The fraction of sp³-hybridized carbons (Fsp3) is 0.684. The SMILES string of the molecule is CC(CSCC(NC(=O)CCC(N)C(=O)O)C(=O)O)SCC(NC(=O)CCC(N)C(=O)O)C(=O)O. The van der Waals surface area contributed by atoms with E-state index in [1.165, 1.54) is 23.5 Å². The topological polar surface area (TPSA) is 259 Å². The molecule has 0 aliphatic carbocycles. The number of carbonyl (C=O) groups is 6. The van der Waals surface area contributed by atoms with Crippen molar-refractivity contribution in [2.24, 2.45) is 11.5 Å². The van der Waals surface area contributed by atoms with Gasteiger partial charge in [-0.05, 0) is 12.8 Å². The van der Waals surface area contributed by atoms with Gasteiger partial charge in [0, 0.05) is 35.4 Å². The van der Waals surface area contributed by atoms with Crippen LogP contribution in [0.15, 0.2) is 0 Å². The molecule has 0 spiro atoms. The predicted molar refractivity (Wildman–Crippen MR) is 128 cm³/mol. The smallest absolute Gasteiger partial charge is 0.327 e. The van der Waals surface area contributed by atoms with Crippen LogP contribution in [0.5, 0.6) is 0 Å². The molecular formula is C19H32N4O10S2. The zero-order valence-electron chi connectivity index (χ0n) is 19.0. The van der Waals surface area contributed by atoms with Gasteiger partial charge in [0.15, 0.2) is 0 Å². The third-order valence-electron chi connectivity index (χ3n) is 4.45. The zero-order chi connectivity index (χ0) is 27.1. The number of carboxylic acids is 4. The summed E-state index contributed by atoms with van der Waals surface area (Å²) >= 11 is 2.45. The van der Waals surface area contributed by atoms with Gasteiger partial charge in [-0.1, -0.05) is 6.92 Å². The molecule has 0 fully saturated rings. The van der Waals surface area contributed by atoms with Crippen molar-refractivity contribution in [3.63, 3.8) is 0 Å². The van der Waals surface area contributed by atoms with Crippen LogP contribution in [-0.2, 0) is 28.8 Å². The summed E-state index contributed by atoms with van der Waals surface area (Å²) in [6.45, 7) is 1.78. The van der Waals surface area contributed by atoms with Crippen molar-refractivity contribution in [1.82, 2.24) is 10.6 Å². The van der Waals surface area contributed by atoms with E-state index in [-0.39, 0.29) is 42.4 Å². The van der Waals surface area contributed by atoms with E-state index in [0.29, 0.717) is 5.75 Å². The molecule has 16 heteroatoms. The van der Waals surface area contributed by atoms with E-state index in [0.717, 1.165) is 0 Å². The van der Waals surface area contributed by atoms with Crippen LogP contribution in [0.3, 0.4) is 0 Å². The quantitative estimate of drug-likeness (QED) is 0.0914. The summed E-state index contributed by atoms with van der Waals surface area (Å²) in [5.74, 6) is -5.85. The lowest BCUT2D eigenvalue weighted by Gasteiger charge is -2.18. The molecule has 0 saturated heterocycles. The van der Waals surface area contributed by atoms with E-state index in [4.69, 9.17) is 21.7 Å². The van der Waals surface area contributed by atoms with E-state index < -0.39 is 59.9 Å². The molecule has 0 aromatic heterocycles. The maximum Gasteiger partial charge on any atom is 0.327 e. The number of nitrogens with two attached hydrogens (primary N) is 2. The van der Waals surface area contributed by atoms with Crippen LogP contribution in [0.4, 0.5) is 0 Å². The molecule has 0 aliphatic rings. The largest absolute Gasteiger partial charge is 0.480 e. The first-order valence-corrected chi connectivity index (χ1v) is 12.6. The van der Waals surface area contributed by atoms with Crippen molar-refractivity contribution in [3.05, 3.63) is 0 Å². The Kier molecular flexibility index (Phi) is 15.7.